The van der Waals surface area contributed by atoms with Crippen LogP contribution in [0, 0.1) is 0 Å². The zero-order valence-electron chi connectivity index (χ0n) is 8.18. The molecule has 76 valence electrons. The molecule has 1 aromatic carbocycles. The molecule has 0 radical (unpaired) electrons. The summed E-state index contributed by atoms with van der Waals surface area (Å²) in [7, 11) is 0. The van der Waals surface area contributed by atoms with Gasteiger partial charge in [-0.2, -0.15) is 0 Å². The van der Waals surface area contributed by atoms with Crippen molar-refractivity contribution in [1.29, 1.82) is 0 Å². The summed E-state index contributed by atoms with van der Waals surface area (Å²) in [4.78, 5) is 0. The van der Waals surface area contributed by atoms with Crippen molar-refractivity contribution in [3.8, 4) is 5.75 Å². The molecule has 1 fully saturated rings. The molecule has 1 aromatic rings. The third kappa shape index (κ3) is 2.05. The Labute approximate surface area is 83.5 Å². The number of phenols is 1. The molecule has 3 N–H and O–H groups in total. The van der Waals surface area contributed by atoms with Crippen LogP contribution >= 0.6 is 0 Å². The molecule has 1 saturated heterocycles. The van der Waals surface area contributed by atoms with Crippen LogP contribution in [0.5, 0.6) is 5.75 Å². The van der Waals surface area contributed by atoms with Crippen LogP contribution in [0.4, 0.5) is 0 Å². The number of ether oxygens (including phenoxy) is 1. The Morgan fingerprint density at radius 2 is 2.00 bits per heavy atom. The Bertz CT molecular complexity index is 310. The second-order valence-electron chi connectivity index (χ2n) is 3.84. The Kier molecular flexibility index (Phi) is 2.44. The SMILES string of the molecule is CC1OC1[C@@H](N)Cc1ccc(O)cc1. The minimum Gasteiger partial charge on any atom is -0.508 e. The van der Waals surface area contributed by atoms with E-state index in [9.17, 15) is 0 Å². The first kappa shape index (κ1) is 9.49. The largest absolute Gasteiger partial charge is 0.508 e. The van der Waals surface area contributed by atoms with Gasteiger partial charge in [-0.05, 0) is 31.0 Å². The highest BCUT2D eigenvalue weighted by Crippen LogP contribution is 2.25. The number of rotatable bonds is 3. The van der Waals surface area contributed by atoms with E-state index in [4.69, 9.17) is 15.6 Å². The fourth-order valence-electron chi connectivity index (χ4n) is 1.67. The molecule has 0 aromatic heterocycles. The van der Waals surface area contributed by atoms with Gasteiger partial charge >= 0.3 is 0 Å². The zero-order valence-corrected chi connectivity index (χ0v) is 8.18. The third-order valence-electron chi connectivity index (χ3n) is 2.59. The van der Waals surface area contributed by atoms with Gasteiger partial charge in [0.15, 0.2) is 0 Å². The van der Waals surface area contributed by atoms with Crippen LogP contribution in [0.15, 0.2) is 24.3 Å². The fourth-order valence-corrected chi connectivity index (χ4v) is 1.67. The van der Waals surface area contributed by atoms with Gasteiger partial charge in [0.25, 0.3) is 0 Å². The zero-order chi connectivity index (χ0) is 10.1. The van der Waals surface area contributed by atoms with Gasteiger partial charge in [0.2, 0.25) is 0 Å². The Morgan fingerprint density at radius 3 is 2.50 bits per heavy atom. The summed E-state index contributed by atoms with van der Waals surface area (Å²) in [5, 5.41) is 9.10. The van der Waals surface area contributed by atoms with Crippen molar-refractivity contribution in [3.63, 3.8) is 0 Å². The van der Waals surface area contributed by atoms with Crippen molar-refractivity contribution in [1.82, 2.24) is 0 Å². The summed E-state index contributed by atoms with van der Waals surface area (Å²) in [6.07, 6.45) is 1.32. The molecule has 0 amide bonds. The molecule has 1 aliphatic heterocycles. The van der Waals surface area contributed by atoms with Gasteiger partial charge in [-0.3, -0.25) is 0 Å². The van der Waals surface area contributed by atoms with E-state index in [1.54, 1.807) is 12.1 Å². The molecule has 3 atom stereocenters. The lowest BCUT2D eigenvalue weighted by molar-refractivity contribution is 0.352. The lowest BCUT2D eigenvalue weighted by Crippen LogP contribution is -2.30. The van der Waals surface area contributed by atoms with Crippen LogP contribution in [0.2, 0.25) is 0 Å². The smallest absolute Gasteiger partial charge is 0.115 e. The molecule has 3 nitrogen and oxygen atoms in total. The maximum atomic E-state index is 9.10. The summed E-state index contributed by atoms with van der Waals surface area (Å²) in [5.41, 5.74) is 7.09. The lowest BCUT2D eigenvalue weighted by Gasteiger charge is -2.08. The Balaban J connectivity index is 1.93. The molecule has 0 aliphatic carbocycles. The first-order valence-electron chi connectivity index (χ1n) is 4.86. The topological polar surface area (TPSA) is 58.8 Å². The van der Waals surface area contributed by atoms with E-state index in [1.807, 2.05) is 19.1 Å². The van der Waals surface area contributed by atoms with Crippen LogP contribution in [0.25, 0.3) is 0 Å². The number of benzene rings is 1. The van der Waals surface area contributed by atoms with Gasteiger partial charge in [-0.1, -0.05) is 12.1 Å². The molecule has 14 heavy (non-hydrogen) atoms. The van der Waals surface area contributed by atoms with E-state index in [2.05, 4.69) is 0 Å². The molecular weight excluding hydrogens is 178 g/mol. The van der Waals surface area contributed by atoms with Crippen molar-refractivity contribution < 1.29 is 9.84 Å². The monoisotopic (exact) mass is 193 g/mol. The highest BCUT2D eigenvalue weighted by Gasteiger charge is 2.39. The number of hydrogen-bond donors (Lipinski definition) is 2. The summed E-state index contributed by atoms with van der Waals surface area (Å²) < 4.78 is 5.30. The van der Waals surface area contributed by atoms with E-state index >= 15 is 0 Å². The molecule has 0 bridgehead atoms. The highest BCUT2D eigenvalue weighted by molar-refractivity contribution is 5.26. The molecule has 2 rings (SSSR count). The average Bonchev–Trinajstić information content (AvgIpc) is 2.87. The highest BCUT2D eigenvalue weighted by atomic mass is 16.6. The predicted molar refractivity (Wildman–Crippen MR) is 54.1 cm³/mol. The van der Waals surface area contributed by atoms with Crippen LogP contribution in [0.1, 0.15) is 12.5 Å². The molecule has 1 aliphatic rings. The molecular formula is C11H15NO2. The van der Waals surface area contributed by atoms with Gasteiger partial charge < -0.3 is 15.6 Å². The predicted octanol–water partition coefficient (Wildman–Crippen LogP) is 1.05. The molecule has 1 heterocycles. The van der Waals surface area contributed by atoms with E-state index in [0.29, 0.717) is 11.9 Å². The summed E-state index contributed by atoms with van der Waals surface area (Å²) in [6, 6.07) is 7.21. The van der Waals surface area contributed by atoms with Crippen molar-refractivity contribution >= 4 is 0 Å². The number of epoxide rings is 1. The maximum absolute atomic E-state index is 9.10. The second-order valence-corrected chi connectivity index (χ2v) is 3.84. The summed E-state index contributed by atoms with van der Waals surface area (Å²) >= 11 is 0. The van der Waals surface area contributed by atoms with E-state index in [1.165, 1.54) is 0 Å². The Hall–Kier alpha value is -1.06. The van der Waals surface area contributed by atoms with Crippen molar-refractivity contribution in [2.75, 3.05) is 0 Å². The van der Waals surface area contributed by atoms with Crippen LogP contribution < -0.4 is 5.73 Å². The van der Waals surface area contributed by atoms with Gasteiger partial charge in [0.05, 0.1) is 12.2 Å². The van der Waals surface area contributed by atoms with Crippen molar-refractivity contribution in [2.24, 2.45) is 5.73 Å². The normalized spacial score (nSPS) is 27.3. The van der Waals surface area contributed by atoms with Gasteiger partial charge in [0, 0.05) is 6.04 Å². The van der Waals surface area contributed by atoms with Crippen molar-refractivity contribution in [3.05, 3.63) is 29.8 Å². The van der Waals surface area contributed by atoms with Gasteiger partial charge in [-0.25, -0.2) is 0 Å². The molecule has 2 unspecified atom stereocenters. The quantitative estimate of drug-likeness (QED) is 0.705. The maximum Gasteiger partial charge on any atom is 0.115 e. The number of nitrogens with two attached hydrogens (primary N) is 1. The second kappa shape index (κ2) is 3.59. The van der Waals surface area contributed by atoms with Gasteiger partial charge in [-0.15, -0.1) is 0 Å². The average molecular weight is 193 g/mol. The molecule has 0 spiro atoms. The minimum atomic E-state index is 0.0644. The molecule has 3 heteroatoms. The van der Waals surface area contributed by atoms with Crippen LogP contribution in [0.3, 0.4) is 0 Å². The first-order valence-corrected chi connectivity index (χ1v) is 4.86. The van der Waals surface area contributed by atoms with Crippen LogP contribution in [-0.2, 0) is 11.2 Å². The Morgan fingerprint density at radius 1 is 1.43 bits per heavy atom. The lowest BCUT2D eigenvalue weighted by atomic mass is 10.0. The van der Waals surface area contributed by atoms with Crippen molar-refractivity contribution in [2.45, 2.75) is 31.6 Å². The van der Waals surface area contributed by atoms with Gasteiger partial charge in [0.1, 0.15) is 5.75 Å². The van der Waals surface area contributed by atoms with E-state index in [-0.39, 0.29) is 12.1 Å². The number of hydrogen-bond acceptors (Lipinski definition) is 3. The minimum absolute atomic E-state index is 0.0644. The fraction of sp³-hybridized carbons (Fsp3) is 0.455. The van der Waals surface area contributed by atoms with E-state index in [0.717, 1.165) is 12.0 Å². The van der Waals surface area contributed by atoms with E-state index < -0.39 is 0 Å². The molecule has 0 saturated carbocycles. The summed E-state index contributed by atoms with van der Waals surface area (Å²) in [5.74, 6) is 0.290. The van der Waals surface area contributed by atoms with Crippen LogP contribution in [-0.4, -0.2) is 23.4 Å². The standard InChI is InChI=1S/C11H15NO2/c1-7-11(14-7)10(12)6-8-2-4-9(13)5-3-8/h2-5,7,10-11,13H,6,12H2,1H3/t7?,10-,11?/m0/s1. The number of aromatic hydroxyl groups is 1. The summed E-state index contributed by atoms with van der Waals surface area (Å²) in [6.45, 7) is 2.03. The number of phenolic OH excluding ortho intramolecular Hbond substituents is 1. The third-order valence-corrected chi connectivity index (χ3v) is 2.59. The first-order chi connectivity index (χ1) is 6.66.